The van der Waals surface area contributed by atoms with Gasteiger partial charge in [0.2, 0.25) is 0 Å². The predicted molar refractivity (Wildman–Crippen MR) is 91.4 cm³/mol. The van der Waals surface area contributed by atoms with Crippen LogP contribution in [0, 0.1) is 0 Å². The van der Waals surface area contributed by atoms with Crippen molar-refractivity contribution < 1.29 is 19.1 Å². The van der Waals surface area contributed by atoms with Gasteiger partial charge in [-0.2, -0.15) is 0 Å². The molecule has 3 aromatic rings. The van der Waals surface area contributed by atoms with Crippen LogP contribution in [0.3, 0.4) is 0 Å². The highest BCUT2D eigenvalue weighted by Gasteiger charge is 2.19. The maximum Gasteiger partial charge on any atom is 0.173 e. The number of rotatable bonds is 5. The van der Waals surface area contributed by atoms with Crippen molar-refractivity contribution in [2.24, 2.45) is 0 Å². The van der Waals surface area contributed by atoms with Gasteiger partial charge >= 0.3 is 0 Å². The van der Waals surface area contributed by atoms with Crippen LogP contribution in [0.25, 0.3) is 22.6 Å². The molecule has 6 heteroatoms. The van der Waals surface area contributed by atoms with Crippen LogP contribution in [0.1, 0.15) is 5.56 Å². The molecule has 1 aromatic heterocycles. The Bertz CT molecular complexity index is 838. The van der Waals surface area contributed by atoms with Crippen LogP contribution in [-0.4, -0.2) is 24.5 Å². The molecule has 0 aliphatic carbocycles. The molecule has 124 valence electrons. The minimum Gasteiger partial charge on any atom is -0.497 e. The summed E-state index contributed by atoms with van der Waals surface area (Å²) in [5.41, 5.74) is 2.59. The van der Waals surface area contributed by atoms with Gasteiger partial charge in [0.1, 0.15) is 17.2 Å². The number of aliphatic hydroxyl groups is 1. The number of hydrogen-bond donors (Lipinski definition) is 1. The molecule has 0 saturated carbocycles. The van der Waals surface area contributed by atoms with Crippen LogP contribution >= 0.6 is 11.6 Å². The summed E-state index contributed by atoms with van der Waals surface area (Å²) >= 11 is 6.04. The molecule has 3 rings (SSSR count). The maximum absolute atomic E-state index is 9.84. The number of methoxy groups -OCH3 is 2. The number of aromatic nitrogens is 1. The summed E-state index contributed by atoms with van der Waals surface area (Å²) in [5, 5.41) is 14.5. The van der Waals surface area contributed by atoms with E-state index in [9.17, 15) is 5.11 Å². The first-order valence-electron chi connectivity index (χ1n) is 7.25. The summed E-state index contributed by atoms with van der Waals surface area (Å²) in [6.07, 6.45) is 0. The molecule has 0 amide bonds. The Balaban J connectivity index is 2.13. The standard InChI is InChI=1S/C18H16ClNO4/c1-22-14-7-12(8-15(9-14)23-2)17-16(10-21)18(24-20-17)11-4-3-5-13(19)6-11/h3-9,21H,10H2,1-2H3. The van der Waals surface area contributed by atoms with Crippen molar-refractivity contribution in [1.29, 1.82) is 0 Å². The van der Waals surface area contributed by atoms with E-state index in [-0.39, 0.29) is 6.61 Å². The van der Waals surface area contributed by atoms with E-state index in [0.29, 0.717) is 33.5 Å². The molecule has 0 saturated heterocycles. The van der Waals surface area contributed by atoms with E-state index >= 15 is 0 Å². The van der Waals surface area contributed by atoms with E-state index in [4.69, 9.17) is 25.6 Å². The summed E-state index contributed by atoms with van der Waals surface area (Å²) in [6.45, 7) is -0.222. The van der Waals surface area contributed by atoms with Gasteiger partial charge in [-0.05, 0) is 24.3 Å². The molecule has 5 nitrogen and oxygen atoms in total. The lowest BCUT2D eigenvalue weighted by molar-refractivity contribution is 0.281. The Labute approximate surface area is 144 Å². The summed E-state index contributed by atoms with van der Waals surface area (Å²) in [5.74, 6) is 1.73. The Morgan fingerprint density at radius 3 is 2.33 bits per heavy atom. The van der Waals surface area contributed by atoms with Crippen LogP contribution in [0.4, 0.5) is 0 Å². The zero-order valence-corrected chi connectivity index (χ0v) is 14.0. The molecule has 0 fully saturated rings. The Morgan fingerprint density at radius 2 is 1.75 bits per heavy atom. The molecule has 0 atom stereocenters. The lowest BCUT2D eigenvalue weighted by Gasteiger charge is -2.07. The highest BCUT2D eigenvalue weighted by molar-refractivity contribution is 6.30. The lowest BCUT2D eigenvalue weighted by atomic mass is 10.0. The summed E-state index contributed by atoms with van der Waals surface area (Å²) < 4.78 is 16.0. The van der Waals surface area contributed by atoms with Gasteiger partial charge in [-0.15, -0.1) is 0 Å². The summed E-state index contributed by atoms with van der Waals surface area (Å²) in [7, 11) is 3.15. The van der Waals surface area contributed by atoms with Crippen molar-refractivity contribution >= 4 is 11.6 Å². The van der Waals surface area contributed by atoms with Gasteiger partial charge in [0.15, 0.2) is 5.76 Å². The first-order chi connectivity index (χ1) is 11.7. The van der Waals surface area contributed by atoms with Crippen LogP contribution in [-0.2, 0) is 6.61 Å². The fraction of sp³-hybridized carbons (Fsp3) is 0.167. The Morgan fingerprint density at radius 1 is 1.04 bits per heavy atom. The molecule has 0 aliphatic heterocycles. The molecular formula is C18H16ClNO4. The van der Waals surface area contributed by atoms with E-state index in [2.05, 4.69) is 5.16 Å². The zero-order chi connectivity index (χ0) is 17.1. The number of hydrogen-bond acceptors (Lipinski definition) is 5. The maximum atomic E-state index is 9.84. The fourth-order valence-electron chi connectivity index (χ4n) is 2.48. The number of benzene rings is 2. The zero-order valence-electron chi connectivity index (χ0n) is 13.2. The lowest BCUT2D eigenvalue weighted by Crippen LogP contribution is -1.92. The van der Waals surface area contributed by atoms with Crippen LogP contribution in [0.15, 0.2) is 47.0 Å². The first-order valence-corrected chi connectivity index (χ1v) is 7.63. The minimum atomic E-state index is -0.222. The van der Waals surface area contributed by atoms with Crippen molar-refractivity contribution in [3.8, 4) is 34.1 Å². The van der Waals surface area contributed by atoms with Crippen LogP contribution < -0.4 is 9.47 Å². The SMILES string of the molecule is COc1cc(OC)cc(-c2noc(-c3cccc(Cl)c3)c2CO)c1. The average Bonchev–Trinajstić information content (AvgIpc) is 3.05. The molecule has 24 heavy (non-hydrogen) atoms. The normalized spacial score (nSPS) is 10.7. The monoisotopic (exact) mass is 345 g/mol. The van der Waals surface area contributed by atoms with Crippen LogP contribution in [0.5, 0.6) is 11.5 Å². The largest absolute Gasteiger partial charge is 0.497 e. The smallest absolute Gasteiger partial charge is 0.173 e. The highest BCUT2D eigenvalue weighted by Crippen LogP contribution is 2.36. The molecule has 0 radical (unpaired) electrons. The van der Waals surface area contributed by atoms with Gasteiger partial charge in [-0.3, -0.25) is 0 Å². The number of nitrogens with zero attached hydrogens (tertiary/aromatic N) is 1. The Kier molecular flexibility index (Phi) is 4.74. The molecule has 2 aromatic carbocycles. The van der Waals surface area contributed by atoms with E-state index in [1.807, 2.05) is 12.1 Å². The van der Waals surface area contributed by atoms with Crippen molar-refractivity contribution in [1.82, 2.24) is 5.16 Å². The highest BCUT2D eigenvalue weighted by atomic mass is 35.5. The van der Waals surface area contributed by atoms with E-state index in [0.717, 1.165) is 11.1 Å². The third kappa shape index (κ3) is 3.09. The molecule has 0 unspecified atom stereocenters. The quantitative estimate of drug-likeness (QED) is 0.751. The minimum absolute atomic E-state index is 0.222. The van der Waals surface area contributed by atoms with E-state index < -0.39 is 0 Å². The fourth-order valence-corrected chi connectivity index (χ4v) is 2.67. The van der Waals surface area contributed by atoms with Gasteiger partial charge in [-0.25, -0.2) is 0 Å². The second-order valence-electron chi connectivity index (χ2n) is 5.11. The molecule has 1 N–H and O–H groups in total. The first kappa shape index (κ1) is 16.4. The number of ether oxygens (including phenoxy) is 2. The predicted octanol–water partition coefficient (Wildman–Crippen LogP) is 4.17. The topological polar surface area (TPSA) is 64.7 Å². The molecule has 0 spiro atoms. The third-order valence-corrected chi connectivity index (χ3v) is 3.89. The van der Waals surface area contributed by atoms with E-state index in [1.165, 1.54) is 0 Å². The van der Waals surface area contributed by atoms with Gasteiger partial charge < -0.3 is 19.1 Å². The second kappa shape index (κ2) is 6.95. The van der Waals surface area contributed by atoms with Crippen LogP contribution in [0.2, 0.25) is 5.02 Å². The van der Waals surface area contributed by atoms with Gasteiger partial charge in [0, 0.05) is 22.2 Å². The van der Waals surface area contributed by atoms with Gasteiger partial charge in [0.25, 0.3) is 0 Å². The van der Waals surface area contributed by atoms with Crippen molar-refractivity contribution in [3.05, 3.63) is 53.1 Å². The summed E-state index contributed by atoms with van der Waals surface area (Å²) in [4.78, 5) is 0. The second-order valence-corrected chi connectivity index (χ2v) is 5.55. The molecule has 0 bridgehead atoms. The van der Waals surface area contributed by atoms with Crippen molar-refractivity contribution in [2.75, 3.05) is 14.2 Å². The third-order valence-electron chi connectivity index (χ3n) is 3.66. The summed E-state index contributed by atoms with van der Waals surface area (Å²) in [6, 6.07) is 12.6. The Hall–Kier alpha value is -2.50. The number of aliphatic hydroxyl groups excluding tert-OH is 1. The molecule has 0 aliphatic rings. The molecular weight excluding hydrogens is 330 g/mol. The van der Waals surface area contributed by atoms with E-state index in [1.54, 1.807) is 44.6 Å². The van der Waals surface area contributed by atoms with Gasteiger partial charge in [0.05, 0.1) is 26.4 Å². The van der Waals surface area contributed by atoms with Crippen molar-refractivity contribution in [3.63, 3.8) is 0 Å². The van der Waals surface area contributed by atoms with Gasteiger partial charge in [-0.1, -0.05) is 28.9 Å². The molecule has 1 heterocycles. The van der Waals surface area contributed by atoms with Crippen molar-refractivity contribution in [2.45, 2.75) is 6.61 Å². The average molecular weight is 346 g/mol. The number of halogens is 1.